The van der Waals surface area contributed by atoms with E-state index in [1.165, 1.54) is 11.8 Å². The number of rotatable bonds is 9. The first kappa shape index (κ1) is 22.5. The Morgan fingerprint density at radius 3 is 2.80 bits per heavy atom. The topological polar surface area (TPSA) is 87.8 Å². The second-order valence-electron chi connectivity index (χ2n) is 6.72. The van der Waals surface area contributed by atoms with E-state index < -0.39 is 16.8 Å². The summed E-state index contributed by atoms with van der Waals surface area (Å²) in [6.07, 6.45) is 5.45. The number of nitrogens with zero attached hydrogens (tertiary/aromatic N) is 1. The molecule has 3 rings (SSSR count). The monoisotopic (exact) mass is 463 g/mol. The number of amides is 1. The van der Waals surface area contributed by atoms with E-state index in [1.54, 1.807) is 29.4 Å². The third-order valence-electron chi connectivity index (χ3n) is 4.50. The van der Waals surface area contributed by atoms with Gasteiger partial charge >= 0.3 is 5.97 Å². The number of carbonyl (C=O) groups is 2. The summed E-state index contributed by atoms with van der Waals surface area (Å²) in [5, 5.41) is 8.68. The van der Waals surface area contributed by atoms with E-state index in [1.807, 2.05) is 24.3 Å². The Labute approximate surface area is 186 Å². The minimum absolute atomic E-state index is 0.135. The van der Waals surface area contributed by atoms with Crippen molar-refractivity contribution >= 4 is 57.1 Å². The molecule has 0 radical (unpaired) electrons. The third kappa shape index (κ3) is 5.68. The van der Waals surface area contributed by atoms with E-state index in [0.29, 0.717) is 40.1 Å². The Bertz CT molecular complexity index is 1030. The minimum atomic E-state index is -1.08. The summed E-state index contributed by atoms with van der Waals surface area (Å²) in [4.78, 5) is 26.0. The molecule has 1 amide bonds. The van der Waals surface area contributed by atoms with Gasteiger partial charge in [-0.3, -0.25) is 18.7 Å². The van der Waals surface area contributed by atoms with E-state index in [-0.39, 0.29) is 12.3 Å². The van der Waals surface area contributed by atoms with Gasteiger partial charge in [-0.25, -0.2) is 0 Å². The van der Waals surface area contributed by atoms with E-state index in [9.17, 15) is 13.8 Å². The van der Waals surface area contributed by atoms with Gasteiger partial charge in [0.2, 0.25) is 0 Å². The SMILES string of the molecule is CS(=O)c1cccc(-c2ccc(C=C3SC(=S)N(CCCCCC(=O)O)C3=O)o2)c1. The van der Waals surface area contributed by atoms with Crippen molar-refractivity contribution in [2.75, 3.05) is 12.8 Å². The van der Waals surface area contributed by atoms with Crippen molar-refractivity contribution in [1.82, 2.24) is 4.90 Å². The second-order valence-corrected chi connectivity index (χ2v) is 9.78. The Morgan fingerprint density at radius 2 is 2.07 bits per heavy atom. The van der Waals surface area contributed by atoms with Crippen molar-refractivity contribution in [1.29, 1.82) is 0 Å². The lowest BCUT2D eigenvalue weighted by Gasteiger charge is -2.13. The first-order valence-corrected chi connectivity index (χ1v) is 12.1. The molecule has 2 heterocycles. The smallest absolute Gasteiger partial charge is 0.303 e. The Hall–Kier alpha value is -2.23. The summed E-state index contributed by atoms with van der Waals surface area (Å²) in [5.41, 5.74) is 0.816. The van der Waals surface area contributed by atoms with Crippen LogP contribution in [0, 0.1) is 0 Å². The maximum atomic E-state index is 12.7. The fraction of sp³-hybridized carbons (Fsp3) is 0.286. The zero-order valence-electron chi connectivity index (χ0n) is 16.3. The molecule has 9 heteroatoms. The lowest BCUT2D eigenvalue weighted by Crippen LogP contribution is -2.29. The Balaban J connectivity index is 1.65. The third-order valence-corrected chi connectivity index (χ3v) is 6.79. The first-order chi connectivity index (χ1) is 14.3. The summed E-state index contributed by atoms with van der Waals surface area (Å²) in [6.45, 7) is 0.478. The molecule has 1 unspecified atom stereocenters. The van der Waals surface area contributed by atoms with Crippen LogP contribution in [0.3, 0.4) is 0 Å². The van der Waals surface area contributed by atoms with Crippen LogP contribution >= 0.6 is 24.0 Å². The largest absolute Gasteiger partial charge is 0.481 e. The van der Waals surface area contributed by atoms with Gasteiger partial charge in [-0.2, -0.15) is 0 Å². The average molecular weight is 464 g/mol. The van der Waals surface area contributed by atoms with Crippen LogP contribution in [0.2, 0.25) is 0 Å². The number of hydrogen-bond acceptors (Lipinski definition) is 6. The molecule has 158 valence electrons. The molecule has 1 aliphatic rings. The van der Waals surface area contributed by atoms with Crippen molar-refractivity contribution in [3.05, 3.63) is 47.1 Å². The van der Waals surface area contributed by atoms with Gasteiger partial charge in [-0.05, 0) is 37.1 Å². The van der Waals surface area contributed by atoms with Crippen LogP contribution in [0.5, 0.6) is 0 Å². The number of thiocarbonyl (C=S) groups is 1. The molecule has 1 aromatic heterocycles. The molecule has 0 bridgehead atoms. The van der Waals surface area contributed by atoms with Gasteiger partial charge in [0, 0.05) is 46.6 Å². The number of carboxylic acids is 1. The number of furan rings is 1. The van der Waals surface area contributed by atoms with Crippen molar-refractivity contribution in [3.63, 3.8) is 0 Å². The van der Waals surface area contributed by atoms with Crippen LogP contribution in [0.15, 0.2) is 50.6 Å². The number of aliphatic carboxylic acids is 1. The molecule has 1 aliphatic heterocycles. The molecule has 0 aliphatic carbocycles. The van der Waals surface area contributed by atoms with E-state index >= 15 is 0 Å². The highest BCUT2D eigenvalue weighted by Gasteiger charge is 2.31. The fourth-order valence-corrected chi connectivity index (χ4v) is 4.81. The van der Waals surface area contributed by atoms with E-state index in [4.69, 9.17) is 21.7 Å². The Morgan fingerprint density at radius 1 is 1.27 bits per heavy atom. The van der Waals surface area contributed by atoms with Gasteiger partial charge in [-0.15, -0.1) is 0 Å². The number of benzene rings is 1. The fourth-order valence-electron chi connectivity index (χ4n) is 2.96. The van der Waals surface area contributed by atoms with Crippen LogP contribution in [-0.2, 0) is 20.4 Å². The number of unbranched alkanes of at least 4 members (excludes halogenated alkanes) is 2. The predicted molar refractivity (Wildman–Crippen MR) is 122 cm³/mol. The van der Waals surface area contributed by atoms with Crippen molar-refractivity contribution in [3.8, 4) is 11.3 Å². The molecular weight excluding hydrogens is 442 g/mol. The molecule has 1 saturated heterocycles. The average Bonchev–Trinajstić information content (AvgIpc) is 3.27. The standard InChI is InChI=1S/C21H21NO5S3/c1-30(26)16-7-5-6-14(12-16)17-10-9-15(27-17)13-18-20(25)22(21(28)29-18)11-4-2-3-8-19(23)24/h5-7,9-10,12-13H,2-4,8,11H2,1H3,(H,23,24). The summed E-state index contributed by atoms with van der Waals surface area (Å²) in [6, 6.07) is 10.9. The summed E-state index contributed by atoms with van der Waals surface area (Å²) >= 11 is 6.56. The number of hydrogen-bond donors (Lipinski definition) is 1. The summed E-state index contributed by atoms with van der Waals surface area (Å²) < 4.78 is 18.0. The maximum absolute atomic E-state index is 12.7. The van der Waals surface area contributed by atoms with Gasteiger partial charge < -0.3 is 9.52 Å². The quantitative estimate of drug-likeness (QED) is 0.332. The minimum Gasteiger partial charge on any atom is -0.481 e. The maximum Gasteiger partial charge on any atom is 0.303 e. The normalized spacial score (nSPS) is 16.4. The number of carboxylic acid groups (broad SMARTS) is 1. The first-order valence-electron chi connectivity index (χ1n) is 9.36. The molecule has 30 heavy (non-hydrogen) atoms. The lowest BCUT2D eigenvalue weighted by molar-refractivity contribution is -0.137. The Kier molecular flexibility index (Phi) is 7.63. The zero-order chi connectivity index (χ0) is 21.7. The van der Waals surface area contributed by atoms with Crippen LogP contribution in [0.4, 0.5) is 0 Å². The van der Waals surface area contributed by atoms with Crippen molar-refractivity contribution in [2.24, 2.45) is 0 Å². The zero-order valence-corrected chi connectivity index (χ0v) is 18.8. The molecule has 1 N–H and O–H groups in total. The van der Waals surface area contributed by atoms with E-state index in [2.05, 4.69) is 0 Å². The van der Waals surface area contributed by atoms with Gasteiger partial charge in [0.05, 0.1) is 4.91 Å². The van der Waals surface area contributed by atoms with Crippen LogP contribution in [0.25, 0.3) is 17.4 Å². The van der Waals surface area contributed by atoms with Gasteiger partial charge in [-0.1, -0.05) is 42.5 Å². The molecule has 1 fully saturated rings. The number of thioether (sulfide) groups is 1. The second kappa shape index (κ2) is 10.2. The summed E-state index contributed by atoms with van der Waals surface area (Å²) in [5.74, 6) is 0.193. The molecular formula is C21H21NO5S3. The summed E-state index contributed by atoms with van der Waals surface area (Å²) in [7, 11) is -1.08. The molecule has 0 saturated carbocycles. The van der Waals surface area contributed by atoms with Gasteiger partial charge in [0.25, 0.3) is 5.91 Å². The van der Waals surface area contributed by atoms with Crippen LogP contribution in [0.1, 0.15) is 31.4 Å². The van der Waals surface area contributed by atoms with Gasteiger partial charge in [0.15, 0.2) is 0 Å². The predicted octanol–water partition coefficient (Wildman–Crippen LogP) is 4.53. The molecule has 0 spiro atoms. The highest BCUT2D eigenvalue weighted by molar-refractivity contribution is 8.26. The van der Waals surface area contributed by atoms with Gasteiger partial charge in [0.1, 0.15) is 15.8 Å². The molecule has 6 nitrogen and oxygen atoms in total. The van der Waals surface area contributed by atoms with Crippen LogP contribution in [-0.4, -0.2) is 43.2 Å². The van der Waals surface area contributed by atoms with Crippen molar-refractivity contribution in [2.45, 2.75) is 30.6 Å². The van der Waals surface area contributed by atoms with Crippen LogP contribution < -0.4 is 0 Å². The molecule has 2 aromatic rings. The molecule has 1 atom stereocenters. The lowest BCUT2D eigenvalue weighted by atomic mass is 10.2. The highest BCUT2D eigenvalue weighted by atomic mass is 32.2. The van der Waals surface area contributed by atoms with E-state index in [0.717, 1.165) is 16.9 Å². The molecule has 1 aromatic carbocycles. The highest BCUT2D eigenvalue weighted by Crippen LogP contribution is 2.34. The van der Waals surface area contributed by atoms with Crippen molar-refractivity contribution < 1.29 is 23.3 Å². The number of carbonyl (C=O) groups excluding carboxylic acids is 1.